The number of carbonyl (C=O) groups is 1. The van der Waals surface area contributed by atoms with E-state index in [4.69, 9.17) is 9.47 Å². The Morgan fingerprint density at radius 3 is 2.44 bits per heavy atom. The topological polar surface area (TPSA) is 50.8 Å². The second-order valence-corrected chi connectivity index (χ2v) is 6.18. The van der Waals surface area contributed by atoms with Gasteiger partial charge in [-0.25, -0.2) is 4.79 Å². The van der Waals surface area contributed by atoms with E-state index in [0.29, 0.717) is 6.04 Å². The Morgan fingerprint density at radius 2 is 1.89 bits per heavy atom. The van der Waals surface area contributed by atoms with Crippen molar-refractivity contribution in [1.82, 2.24) is 10.2 Å². The third-order valence-electron chi connectivity index (χ3n) is 3.38. The second kappa shape index (κ2) is 5.45. The van der Waals surface area contributed by atoms with E-state index < -0.39 is 0 Å². The molecule has 0 aromatic carbocycles. The molecule has 0 aromatic rings. The van der Waals surface area contributed by atoms with E-state index in [1.54, 1.807) is 0 Å². The maximum absolute atomic E-state index is 11.6. The van der Waals surface area contributed by atoms with Gasteiger partial charge in [0.2, 0.25) is 0 Å². The molecule has 2 aliphatic rings. The molecule has 2 fully saturated rings. The zero-order chi connectivity index (χ0) is 13.2. The molecule has 0 atom stereocenters. The number of alkyl carbamates (subject to hydrolysis) is 1. The summed E-state index contributed by atoms with van der Waals surface area (Å²) in [5, 5.41) is 2.82. The minimum atomic E-state index is -0.298. The number of nitrogens with one attached hydrogen (secondary N) is 1. The highest BCUT2D eigenvalue weighted by atomic mass is 16.6. The molecule has 1 aliphatic heterocycles. The van der Waals surface area contributed by atoms with Crippen molar-refractivity contribution in [3.8, 4) is 0 Å². The summed E-state index contributed by atoms with van der Waals surface area (Å²) >= 11 is 0. The summed E-state index contributed by atoms with van der Waals surface area (Å²) < 4.78 is 10.7. The summed E-state index contributed by atoms with van der Waals surface area (Å²) in [4.78, 5) is 14.0. The summed E-state index contributed by atoms with van der Waals surface area (Å²) in [7, 11) is 0. The number of rotatable bonds is 2. The third kappa shape index (κ3) is 3.85. The van der Waals surface area contributed by atoms with Crippen molar-refractivity contribution in [2.45, 2.75) is 51.3 Å². The fourth-order valence-corrected chi connectivity index (χ4v) is 2.36. The molecular formula is C13H24N2O3. The van der Waals surface area contributed by atoms with Gasteiger partial charge in [0.1, 0.15) is 6.10 Å². The molecule has 5 heteroatoms. The molecular weight excluding hydrogens is 232 g/mol. The molecule has 0 bridgehead atoms. The Morgan fingerprint density at radius 1 is 1.28 bits per heavy atom. The predicted octanol–water partition coefficient (Wildman–Crippen LogP) is 1.37. The largest absolute Gasteiger partial charge is 0.446 e. The number of nitrogens with zero attached hydrogens (tertiary/aromatic N) is 1. The van der Waals surface area contributed by atoms with Crippen LogP contribution < -0.4 is 5.32 Å². The number of hydrogen-bond acceptors (Lipinski definition) is 4. The van der Waals surface area contributed by atoms with Crippen molar-refractivity contribution in [3.63, 3.8) is 0 Å². The molecule has 1 saturated carbocycles. The van der Waals surface area contributed by atoms with Crippen LogP contribution in [0.1, 0.15) is 33.6 Å². The third-order valence-corrected chi connectivity index (χ3v) is 3.38. The van der Waals surface area contributed by atoms with Gasteiger partial charge in [0, 0.05) is 37.5 Å². The van der Waals surface area contributed by atoms with Gasteiger partial charge in [0.05, 0.1) is 13.2 Å². The van der Waals surface area contributed by atoms with Crippen molar-refractivity contribution in [2.24, 2.45) is 0 Å². The lowest BCUT2D eigenvalue weighted by Gasteiger charge is -2.43. The quantitative estimate of drug-likeness (QED) is 0.811. The number of morpholine rings is 1. The van der Waals surface area contributed by atoms with Crippen LogP contribution in [0.25, 0.3) is 0 Å². The molecule has 0 aromatic heterocycles. The van der Waals surface area contributed by atoms with Gasteiger partial charge in [-0.15, -0.1) is 0 Å². The van der Waals surface area contributed by atoms with E-state index in [-0.39, 0.29) is 17.7 Å². The molecule has 5 nitrogen and oxygen atoms in total. The Labute approximate surface area is 109 Å². The molecule has 0 spiro atoms. The predicted molar refractivity (Wildman–Crippen MR) is 68.6 cm³/mol. The van der Waals surface area contributed by atoms with Crippen molar-refractivity contribution >= 4 is 6.09 Å². The van der Waals surface area contributed by atoms with Crippen LogP contribution in [0, 0.1) is 0 Å². The van der Waals surface area contributed by atoms with Gasteiger partial charge in [-0.05, 0) is 20.8 Å². The SMILES string of the molecule is CC(C)(C)NC(=O)OC1CC(N2CCOCC2)C1. The van der Waals surface area contributed by atoms with E-state index >= 15 is 0 Å². The molecule has 104 valence electrons. The van der Waals surface area contributed by atoms with Gasteiger partial charge in [0.15, 0.2) is 0 Å². The van der Waals surface area contributed by atoms with E-state index in [1.807, 2.05) is 20.8 Å². The van der Waals surface area contributed by atoms with Crippen molar-refractivity contribution in [1.29, 1.82) is 0 Å². The van der Waals surface area contributed by atoms with E-state index in [1.165, 1.54) is 0 Å². The summed E-state index contributed by atoms with van der Waals surface area (Å²) in [6.07, 6.45) is 1.70. The van der Waals surface area contributed by atoms with Crippen LogP contribution in [0.4, 0.5) is 4.79 Å². The minimum absolute atomic E-state index is 0.0835. The van der Waals surface area contributed by atoms with Crippen LogP contribution in [-0.2, 0) is 9.47 Å². The molecule has 1 amide bonds. The molecule has 0 radical (unpaired) electrons. The fraction of sp³-hybridized carbons (Fsp3) is 0.923. The van der Waals surface area contributed by atoms with Gasteiger partial charge in [-0.2, -0.15) is 0 Å². The number of carbonyl (C=O) groups excluding carboxylic acids is 1. The summed E-state index contributed by atoms with van der Waals surface area (Å²) in [6.45, 7) is 9.51. The monoisotopic (exact) mass is 256 g/mol. The first-order chi connectivity index (χ1) is 8.44. The van der Waals surface area contributed by atoms with Gasteiger partial charge < -0.3 is 14.8 Å². The first kappa shape index (κ1) is 13.6. The van der Waals surface area contributed by atoms with E-state index in [0.717, 1.165) is 39.1 Å². The van der Waals surface area contributed by atoms with Gasteiger partial charge in [0.25, 0.3) is 0 Å². The first-order valence-corrected chi connectivity index (χ1v) is 6.74. The smallest absolute Gasteiger partial charge is 0.407 e. The lowest BCUT2D eigenvalue weighted by atomic mass is 9.87. The zero-order valence-electron chi connectivity index (χ0n) is 11.6. The van der Waals surface area contributed by atoms with Crippen LogP contribution in [-0.4, -0.2) is 55.0 Å². The maximum atomic E-state index is 11.6. The highest BCUT2D eigenvalue weighted by Gasteiger charge is 2.36. The summed E-state index contributed by atoms with van der Waals surface area (Å²) in [6, 6.07) is 0.571. The summed E-state index contributed by atoms with van der Waals surface area (Å²) in [5.74, 6) is 0. The van der Waals surface area contributed by atoms with Crippen molar-refractivity contribution < 1.29 is 14.3 Å². The van der Waals surface area contributed by atoms with Crippen LogP contribution in [0.15, 0.2) is 0 Å². The number of hydrogen-bond donors (Lipinski definition) is 1. The fourth-order valence-electron chi connectivity index (χ4n) is 2.36. The Balaban J connectivity index is 1.65. The van der Waals surface area contributed by atoms with Gasteiger partial charge in [-0.1, -0.05) is 0 Å². The lowest BCUT2D eigenvalue weighted by molar-refractivity contribution is -0.0507. The Kier molecular flexibility index (Phi) is 4.12. The molecule has 18 heavy (non-hydrogen) atoms. The first-order valence-electron chi connectivity index (χ1n) is 6.74. The standard InChI is InChI=1S/C13H24N2O3/c1-13(2,3)14-12(16)18-11-8-10(9-11)15-4-6-17-7-5-15/h10-11H,4-9H2,1-3H3,(H,14,16). The molecule has 2 rings (SSSR count). The maximum Gasteiger partial charge on any atom is 0.407 e. The highest BCUT2D eigenvalue weighted by Crippen LogP contribution is 2.29. The minimum Gasteiger partial charge on any atom is -0.446 e. The van der Waals surface area contributed by atoms with E-state index in [9.17, 15) is 4.79 Å². The lowest BCUT2D eigenvalue weighted by Crippen LogP contribution is -2.53. The van der Waals surface area contributed by atoms with Crippen LogP contribution in [0.2, 0.25) is 0 Å². The molecule has 1 heterocycles. The Bertz CT molecular complexity index is 289. The van der Waals surface area contributed by atoms with E-state index in [2.05, 4.69) is 10.2 Å². The molecule has 1 aliphatic carbocycles. The van der Waals surface area contributed by atoms with Crippen LogP contribution in [0.5, 0.6) is 0 Å². The van der Waals surface area contributed by atoms with Gasteiger partial charge in [-0.3, -0.25) is 4.90 Å². The second-order valence-electron chi connectivity index (χ2n) is 6.18. The molecule has 1 N–H and O–H groups in total. The van der Waals surface area contributed by atoms with Gasteiger partial charge >= 0.3 is 6.09 Å². The molecule has 0 unspecified atom stereocenters. The highest BCUT2D eigenvalue weighted by molar-refractivity contribution is 5.68. The van der Waals surface area contributed by atoms with Crippen molar-refractivity contribution in [3.05, 3.63) is 0 Å². The average molecular weight is 256 g/mol. The summed E-state index contributed by atoms with van der Waals surface area (Å²) in [5.41, 5.74) is -0.232. The molecule has 1 saturated heterocycles. The van der Waals surface area contributed by atoms with Crippen LogP contribution >= 0.6 is 0 Å². The normalized spacial score (nSPS) is 29.5. The number of ether oxygens (including phenoxy) is 2. The zero-order valence-corrected chi connectivity index (χ0v) is 11.6. The average Bonchev–Trinajstić information content (AvgIpc) is 2.21. The van der Waals surface area contributed by atoms with Crippen LogP contribution in [0.3, 0.4) is 0 Å². The number of amides is 1. The van der Waals surface area contributed by atoms with Crippen molar-refractivity contribution in [2.75, 3.05) is 26.3 Å². The Hall–Kier alpha value is -0.810.